The minimum atomic E-state index is -0.611. The number of hydrogen-bond acceptors (Lipinski definition) is 9. The largest absolute Gasteiger partial charge is 0.459 e. The number of aromatic nitrogens is 6. The first-order valence-electron chi connectivity index (χ1n) is 10.4. The van der Waals surface area contributed by atoms with Gasteiger partial charge in [-0.3, -0.25) is 4.79 Å². The number of esters is 1. The van der Waals surface area contributed by atoms with Crippen molar-refractivity contribution in [3.05, 3.63) is 54.1 Å². The Kier molecular flexibility index (Phi) is 5.08. The first kappa shape index (κ1) is 20.7. The molecule has 170 valence electrons. The van der Waals surface area contributed by atoms with Crippen molar-refractivity contribution < 1.29 is 19.0 Å². The molecular formula is C22H23N7O4. The first-order valence-corrected chi connectivity index (χ1v) is 10.4. The molecule has 1 atom stereocenters. The lowest BCUT2D eigenvalue weighted by molar-refractivity contribution is -0.155. The van der Waals surface area contributed by atoms with Crippen LogP contribution < -0.4 is 14.8 Å². The van der Waals surface area contributed by atoms with Gasteiger partial charge in [-0.05, 0) is 67.1 Å². The smallest absolute Gasteiger partial charge is 0.328 e. The maximum absolute atomic E-state index is 12.5. The molecule has 1 aliphatic heterocycles. The average molecular weight is 449 g/mol. The number of nitrogens with one attached hydrogen (secondary N) is 2. The van der Waals surface area contributed by atoms with Crippen molar-refractivity contribution in [2.45, 2.75) is 39.0 Å². The molecule has 2 N–H and O–H groups in total. The highest BCUT2D eigenvalue weighted by molar-refractivity contribution is 5.79. The Balaban J connectivity index is 1.50. The van der Waals surface area contributed by atoms with Gasteiger partial charge >= 0.3 is 5.97 Å². The average Bonchev–Trinajstić information content (AvgIpc) is 3.50. The van der Waals surface area contributed by atoms with Gasteiger partial charge in [-0.15, -0.1) is 5.10 Å². The Morgan fingerprint density at radius 3 is 2.91 bits per heavy atom. The second-order valence-electron chi connectivity index (χ2n) is 8.61. The second-order valence-corrected chi connectivity index (χ2v) is 8.61. The van der Waals surface area contributed by atoms with Gasteiger partial charge in [-0.1, -0.05) is 6.07 Å². The third-order valence-corrected chi connectivity index (χ3v) is 4.98. The molecule has 0 aliphatic carbocycles. The van der Waals surface area contributed by atoms with Crippen LogP contribution in [0.15, 0.2) is 42.7 Å². The molecule has 1 aliphatic rings. The highest BCUT2D eigenvalue weighted by atomic mass is 16.7. The molecule has 2 aromatic carbocycles. The Morgan fingerprint density at radius 1 is 1.21 bits per heavy atom. The molecule has 4 aromatic rings. The lowest BCUT2D eigenvalue weighted by Crippen LogP contribution is -2.28. The highest BCUT2D eigenvalue weighted by Gasteiger charge is 2.26. The lowest BCUT2D eigenvalue weighted by Gasteiger charge is -2.22. The van der Waals surface area contributed by atoms with Crippen LogP contribution in [0.5, 0.6) is 11.5 Å². The summed E-state index contributed by atoms with van der Waals surface area (Å²) in [6, 6.07) is 10.9. The molecule has 0 amide bonds. The molecule has 3 heterocycles. The lowest BCUT2D eigenvalue weighted by atomic mass is 10.0. The number of imidazole rings is 1. The Bertz CT molecular complexity index is 1310. The maximum atomic E-state index is 12.5. The number of H-pyrrole nitrogens is 1. The van der Waals surface area contributed by atoms with Crippen LogP contribution in [0.1, 0.15) is 38.2 Å². The number of carbonyl (C=O) groups excluding carboxylic acids is 1. The van der Waals surface area contributed by atoms with Crippen molar-refractivity contribution in [2.24, 2.45) is 0 Å². The molecule has 11 heteroatoms. The Morgan fingerprint density at radius 2 is 2.06 bits per heavy atom. The summed E-state index contributed by atoms with van der Waals surface area (Å²) in [5.74, 6) is 1.32. The zero-order valence-electron chi connectivity index (χ0n) is 18.4. The molecule has 11 nitrogen and oxygen atoms in total. The van der Waals surface area contributed by atoms with Crippen molar-refractivity contribution in [1.82, 2.24) is 30.2 Å². The zero-order chi connectivity index (χ0) is 23.0. The number of ether oxygens (including phenoxy) is 3. The predicted octanol–water partition coefficient (Wildman–Crippen LogP) is 2.82. The number of tetrazole rings is 1. The quantitative estimate of drug-likeness (QED) is 0.427. The van der Waals surface area contributed by atoms with Gasteiger partial charge in [0.25, 0.3) is 0 Å². The van der Waals surface area contributed by atoms with E-state index in [0.717, 1.165) is 22.3 Å². The number of nitrogens with zero attached hydrogens (tertiary/aromatic N) is 5. The number of fused-ring (bicyclic) bond motifs is 2. The van der Waals surface area contributed by atoms with Crippen molar-refractivity contribution in [3.8, 4) is 11.5 Å². The van der Waals surface area contributed by atoms with Crippen LogP contribution in [0.4, 0.5) is 5.69 Å². The third kappa shape index (κ3) is 4.43. The number of benzene rings is 2. The van der Waals surface area contributed by atoms with Gasteiger partial charge in [-0.25, -0.2) is 9.67 Å². The van der Waals surface area contributed by atoms with Gasteiger partial charge in [0.05, 0.1) is 17.4 Å². The van der Waals surface area contributed by atoms with E-state index >= 15 is 0 Å². The molecule has 0 bridgehead atoms. The van der Waals surface area contributed by atoms with E-state index in [9.17, 15) is 4.79 Å². The molecule has 0 saturated heterocycles. The summed E-state index contributed by atoms with van der Waals surface area (Å²) >= 11 is 0. The van der Waals surface area contributed by atoms with Gasteiger partial charge in [0.15, 0.2) is 17.3 Å². The van der Waals surface area contributed by atoms with Crippen LogP contribution in [0.2, 0.25) is 0 Å². The fraction of sp³-hybridized carbons (Fsp3) is 0.318. The number of anilines is 1. The molecular weight excluding hydrogens is 426 g/mol. The molecule has 0 fully saturated rings. The molecule has 0 spiro atoms. The fourth-order valence-electron chi connectivity index (χ4n) is 3.61. The van der Waals surface area contributed by atoms with Crippen LogP contribution in [0, 0.1) is 0 Å². The first-order chi connectivity index (χ1) is 15.9. The van der Waals surface area contributed by atoms with Crippen LogP contribution >= 0.6 is 0 Å². The van der Waals surface area contributed by atoms with Crippen molar-refractivity contribution >= 4 is 22.7 Å². The van der Waals surface area contributed by atoms with E-state index in [4.69, 9.17) is 14.2 Å². The maximum Gasteiger partial charge on any atom is 0.328 e. The minimum absolute atomic E-state index is 0.123. The zero-order valence-corrected chi connectivity index (χ0v) is 18.4. The molecule has 1 unspecified atom stereocenters. The van der Waals surface area contributed by atoms with Gasteiger partial charge < -0.3 is 24.5 Å². The van der Waals surface area contributed by atoms with Crippen LogP contribution in [-0.4, -0.2) is 48.5 Å². The van der Waals surface area contributed by atoms with Gasteiger partial charge in [0.1, 0.15) is 18.2 Å². The second kappa shape index (κ2) is 8.08. The molecule has 0 radical (unpaired) electrons. The summed E-state index contributed by atoms with van der Waals surface area (Å²) < 4.78 is 17.9. The topological polar surface area (TPSA) is 129 Å². The van der Waals surface area contributed by atoms with E-state index in [1.165, 1.54) is 4.68 Å². The minimum Gasteiger partial charge on any atom is -0.459 e. The summed E-state index contributed by atoms with van der Waals surface area (Å²) in [7, 11) is 0. The summed E-state index contributed by atoms with van der Waals surface area (Å²) in [5, 5.41) is 15.5. The summed E-state index contributed by atoms with van der Waals surface area (Å²) in [4.78, 5) is 19.8. The summed E-state index contributed by atoms with van der Waals surface area (Å²) in [6.07, 6.45) is 1.64. The van der Waals surface area contributed by atoms with Crippen molar-refractivity contribution in [3.63, 3.8) is 0 Å². The molecule has 2 aromatic heterocycles. The highest BCUT2D eigenvalue weighted by Crippen LogP contribution is 2.36. The van der Waals surface area contributed by atoms with E-state index in [-0.39, 0.29) is 13.3 Å². The third-order valence-electron chi connectivity index (χ3n) is 4.98. The number of carbonyl (C=O) groups is 1. The van der Waals surface area contributed by atoms with Gasteiger partial charge in [0.2, 0.25) is 6.79 Å². The van der Waals surface area contributed by atoms with E-state index in [2.05, 4.69) is 30.8 Å². The molecule has 5 rings (SSSR count). The Hall–Kier alpha value is -4.15. The monoisotopic (exact) mass is 449 g/mol. The SMILES string of the molecule is CC(C)(C)OC(=O)Cn1nnnc1C(Nc1ccc2nc[nH]c2c1)c1ccc2c(c1)OCO2. The van der Waals surface area contributed by atoms with E-state index in [0.29, 0.717) is 17.3 Å². The van der Waals surface area contributed by atoms with Gasteiger partial charge in [-0.2, -0.15) is 0 Å². The molecule has 33 heavy (non-hydrogen) atoms. The van der Waals surface area contributed by atoms with E-state index in [1.807, 2.05) is 57.2 Å². The van der Waals surface area contributed by atoms with Gasteiger partial charge in [0, 0.05) is 5.69 Å². The summed E-state index contributed by atoms with van der Waals surface area (Å²) in [5.41, 5.74) is 2.79. The van der Waals surface area contributed by atoms with E-state index in [1.54, 1.807) is 6.33 Å². The van der Waals surface area contributed by atoms with E-state index < -0.39 is 17.6 Å². The predicted molar refractivity (Wildman–Crippen MR) is 118 cm³/mol. The number of aromatic amines is 1. The molecule has 0 saturated carbocycles. The summed E-state index contributed by atoms with van der Waals surface area (Å²) in [6.45, 7) is 5.49. The van der Waals surface area contributed by atoms with Crippen LogP contribution in [0.3, 0.4) is 0 Å². The fourth-order valence-corrected chi connectivity index (χ4v) is 3.61. The van der Waals surface area contributed by atoms with Crippen LogP contribution in [0.25, 0.3) is 11.0 Å². The van der Waals surface area contributed by atoms with Crippen molar-refractivity contribution in [1.29, 1.82) is 0 Å². The Labute approximate surface area is 189 Å². The number of hydrogen-bond donors (Lipinski definition) is 2. The standard InChI is InChI=1S/C22H23N7O4/c1-22(2,3)33-19(30)10-29-21(26-27-28-29)20(13-4-7-17-18(8-13)32-12-31-17)25-14-5-6-15-16(9-14)24-11-23-15/h4-9,11,20,25H,10,12H2,1-3H3,(H,23,24). The number of rotatable bonds is 6. The van der Waals surface area contributed by atoms with Crippen LogP contribution in [-0.2, 0) is 16.1 Å². The van der Waals surface area contributed by atoms with Crippen molar-refractivity contribution in [2.75, 3.05) is 12.1 Å². The normalized spacial score (nSPS) is 13.8.